The molecule has 0 saturated heterocycles. The van der Waals surface area contributed by atoms with Crippen molar-refractivity contribution >= 4 is 34.6 Å². The van der Waals surface area contributed by atoms with Crippen LogP contribution in [0, 0.1) is 6.92 Å². The summed E-state index contributed by atoms with van der Waals surface area (Å²) >= 11 is 6.28. The van der Waals surface area contributed by atoms with Gasteiger partial charge in [-0.2, -0.15) is 18.3 Å². The molecule has 1 heterocycles. The Bertz CT molecular complexity index is 1270. The fourth-order valence-corrected chi connectivity index (χ4v) is 3.58. The maximum Gasteiger partial charge on any atom is 0.416 e. The Kier molecular flexibility index (Phi) is 7.73. The largest absolute Gasteiger partial charge is 0.416 e. The van der Waals surface area contributed by atoms with E-state index in [4.69, 9.17) is 23.2 Å². The molecule has 0 aliphatic rings. The van der Waals surface area contributed by atoms with E-state index in [1.54, 1.807) is 25.0 Å². The van der Waals surface area contributed by atoms with Crippen LogP contribution in [0.25, 0.3) is 5.70 Å². The number of halogens is 4. The van der Waals surface area contributed by atoms with Gasteiger partial charge in [0.1, 0.15) is 0 Å². The average Bonchev–Trinajstić information content (AvgIpc) is 3.11. The first-order valence-electron chi connectivity index (χ1n) is 10.4. The van der Waals surface area contributed by atoms with Gasteiger partial charge in [0.2, 0.25) is 0 Å². The summed E-state index contributed by atoms with van der Waals surface area (Å²) in [5.74, 6) is 5.50. The van der Waals surface area contributed by atoms with Crippen molar-refractivity contribution in [3.63, 3.8) is 0 Å². The standard InChI is InChI=1S/C23H25ClF3N7O/c1-13-18(11-31-33(13)3)20(28)12-34(29)21-8-15(4-5-19(21)24)22(35)32-17-7-14(10-30-2)6-16(9-17)23(25,26)27/h4-9,11-12,30H,10,28-29H2,1-3H3,(H,32,35)/b20-12-. The van der Waals surface area contributed by atoms with Crippen LogP contribution in [-0.2, 0) is 19.8 Å². The van der Waals surface area contributed by atoms with E-state index in [0.717, 1.165) is 22.8 Å². The van der Waals surface area contributed by atoms with Crippen LogP contribution in [0.5, 0.6) is 0 Å². The quantitative estimate of drug-likeness (QED) is 0.284. The summed E-state index contributed by atoms with van der Waals surface area (Å²) in [6, 6.07) is 7.69. The molecule has 0 saturated carbocycles. The summed E-state index contributed by atoms with van der Waals surface area (Å²) in [5, 5.41) is 10.8. The molecule has 1 amide bonds. The van der Waals surface area contributed by atoms with Gasteiger partial charge in [-0.3, -0.25) is 14.5 Å². The first kappa shape index (κ1) is 26.1. The summed E-state index contributed by atoms with van der Waals surface area (Å²) in [4.78, 5) is 12.9. The number of anilines is 2. The van der Waals surface area contributed by atoms with Gasteiger partial charge in [-0.05, 0) is 55.9 Å². The second-order valence-electron chi connectivity index (χ2n) is 7.83. The van der Waals surface area contributed by atoms with Crippen LogP contribution in [0.1, 0.15) is 32.7 Å². The lowest BCUT2D eigenvalue weighted by Crippen LogP contribution is -2.26. The fourth-order valence-electron chi connectivity index (χ4n) is 3.36. The monoisotopic (exact) mass is 507 g/mol. The molecule has 0 aliphatic heterocycles. The second-order valence-corrected chi connectivity index (χ2v) is 8.23. The van der Waals surface area contributed by atoms with Crippen molar-refractivity contribution in [2.24, 2.45) is 18.6 Å². The number of hydrazine groups is 1. The maximum atomic E-state index is 13.3. The minimum Gasteiger partial charge on any atom is -0.397 e. The summed E-state index contributed by atoms with van der Waals surface area (Å²) < 4.78 is 41.6. The Balaban J connectivity index is 1.88. The van der Waals surface area contributed by atoms with Crippen LogP contribution in [0.2, 0.25) is 5.02 Å². The molecule has 0 radical (unpaired) electrons. The molecule has 3 rings (SSSR count). The zero-order valence-corrected chi connectivity index (χ0v) is 20.0. The van der Waals surface area contributed by atoms with Crippen molar-refractivity contribution in [2.75, 3.05) is 17.4 Å². The van der Waals surface area contributed by atoms with Crippen LogP contribution in [0.4, 0.5) is 24.5 Å². The van der Waals surface area contributed by atoms with Crippen molar-refractivity contribution in [1.29, 1.82) is 0 Å². The Labute approximate surface area is 205 Å². The molecule has 0 atom stereocenters. The lowest BCUT2D eigenvalue weighted by Gasteiger charge is -2.18. The highest BCUT2D eigenvalue weighted by Gasteiger charge is 2.31. The van der Waals surface area contributed by atoms with Gasteiger partial charge in [0, 0.05) is 42.3 Å². The molecule has 0 unspecified atom stereocenters. The van der Waals surface area contributed by atoms with Gasteiger partial charge < -0.3 is 16.4 Å². The SMILES string of the molecule is CNCc1cc(NC(=O)c2ccc(Cl)c(N(N)/C=C(\N)c3cnn(C)c3C)c2)cc(C(F)(F)F)c1. The number of carbonyl (C=O) groups excluding carboxylic acids is 1. The molecule has 35 heavy (non-hydrogen) atoms. The molecule has 3 aromatic rings. The topological polar surface area (TPSA) is 114 Å². The van der Waals surface area contributed by atoms with Gasteiger partial charge in [-0.1, -0.05) is 11.6 Å². The Morgan fingerprint density at radius 2 is 1.97 bits per heavy atom. The fraction of sp³-hybridized carbons (Fsp3) is 0.217. The molecule has 186 valence electrons. The number of hydrogen-bond donors (Lipinski definition) is 4. The molecular formula is C23H25ClF3N7O. The Morgan fingerprint density at radius 3 is 2.57 bits per heavy atom. The summed E-state index contributed by atoms with van der Waals surface area (Å²) in [7, 11) is 3.39. The number of carbonyl (C=O) groups is 1. The molecule has 0 aliphatic carbocycles. The first-order valence-corrected chi connectivity index (χ1v) is 10.8. The predicted octanol–water partition coefficient (Wildman–Crippen LogP) is 4.01. The van der Waals surface area contributed by atoms with Crippen LogP contribution < -0.4 is 27.2 Å². The molecule has 0 fully saturated rings. The molecular weight excluding hydrogens is 483 g/mol. The number of nitrogens with zero attached hydrogens (tertiary/aromatic N) is 3. The Morgan fingerprint density at radius 1 is 1.26 bits per heavy atom. The number of alkyl halides is 3. The third-order valence-corrected chi connectivity index (χ3v) is 5.59. The molecule has 2 aromatic carbocycles. The van der Waals surface area contributed by atoms with Crippen molar-refractivity contribution < 1.29 is 18.0 Å². The molecule has 12 heteroatoms. The summed E-state index contributed by atoms with van der Waals surface area (Å²) in [6.07, 6.45) is -1.53. The highest BCUT2D eigenvalue weighted by atomic mass is 35.5. The van der Waals surface area contributed by atoms with E-state index in [1.807, 2.05) is 6.92 Å². The zero-order valence-electron chi connectivity index (χ0n) is 19.2. The highest BCUT2D eigenvalue weighted by molar-refractivity contribution is 6.33. The average molecular weight is 508 g/mol. The van der Waals surface area contributed by atoms with Crippen molar-refractivity contribution in [3.05, 3.63) is 81.8 Å². The van der Waals surface area contributed by atoms with Crippen molar-refractivity contribution in [3.8, 4) is 0 Å². The third kappa shape index (κ3) is 6.13. The molecule has 6 N–H and O–H groups in total. The third-order valence-electron chi connectivity index (χ3n) is 5.27. The number of nitrogens with two attached hydrogens (primary N) is 2. The van der Waals surface area contributed by atoms with E-state index in [-0.39, 0.29) is 28.5 Å². The van der Waals surface area contributed by atoms with E-state index < -0.39 is 17.6 Å². The van der Waals surface area contributed by atoms with Crippen LogP contribution in [-0.4, -0.2) is 22.7 Å². The van der Waals surface area contributed by atoms with Gasteiger partial charge >= 0.3 is 6.18 Å². The zero-order chi connectivity index (χ0) is 25.9. The number of hydrogen-bond acceptors (Lipinski definition) is 6. The van der Waals surface area contributed by atoms with Gasteiger partial charge in [0.25, 0.3) is 5.91 Å². The number of aryl methyl sites for hydroxylation is 1. The highest BCUT2D eigenvalue weighted by Crippen LogP contribution is 2.32. The van der Waals surface area contributed by atoms with Crippen LogP contribution in [0.3, 0.4) is 0 Å². The first-order chi connectivity index (χ1) is 16.4. The maximum absolute atomic E-state index is 13.3. The molecule has 8 nitrogen and oxygen atoms in total. The minimum absolute atomic E-state index is 0.00683. The lowest BCUT2D eigenvalue weighted by atomic mass is 10.1. The van der Waals surface area contributed by atoms with Crippen LogP contribution >= 0.6 is 11.6 Å². The number of amides is 1. The predicted molar refractivity (Wildman–Crippen MR) is 130 cm³/mol. The second kappa shape index (κ2) is 10.4. The lowest BCUT2D eigenvalue weighted by molar-refractivity contribution is -0.137. The Hall–Kier alpha value is -3.54. The number of rotatable bonds is 7. The molecule has 0 bridgehead atoms. The minimum atomic E-state index is -4.56. The normalized spacial score (nSPS) is 12.1. The van der Waals surface area contributed by atoms with Gasteiger partial charge in [-0.25, -0.2) is 5.84 Å². The molecule has 1 aromatic heterocycles. The van der Waals surface area contributed by atoms with Crippen molar-refractivity contribution in [2.45, 2.75) is 19.6 Å². The number of nitrogens with one attached hydrogen (secondary N) is 2. The van der Waals surface area contributed by atoms with Crippen molar-refractivity contribution in [1.82, 2.24) is 15.1 Å². The smallest absolute Gasteiger partial charge is 0.397 e. The van der Waals surface area contributed by atoms with E-state index >= 15 is 0 Å². The van der Waals surface area contributed by atoms with Gasteiger partial charge in [0.15, 0.2) is 0 Å². The summed E-state index contributed by atoms with van der Waals surface area (Å²) in [6.45, 7) is 2.04. The molecule has 0 spiro atoms. The summed E-state index contributed by atoms with van der Waals surface area (Å²) in [5.41, 5.74) is 7.89. The van der Waals surface area contributed by atoms with E-state index in [9.17, 15) is 18.0 Å². The van der Waals surface area contributed by atoms with Gasteiger partial charge in [0.05, 0.1) is 28.2 Å². The number of aromatic nitrogens is 2. The van der Waals surface area contributed by atoms with Crippen LogP contribution in [0.15, 0.2) is 48.8 Å². The van der Waals surface area contributed by atoms with E-state index in [0.29, 0.717) is 16.8 Å². The van der Waals surface area contributed by atoms with Gasteiger partial charge in [-0.15, -0.1) is 0 Å². The van der Waals surface area contributed by atoms with E-state index in [2.05, 4.69) is 15.7 Å². The number of benzene rings is 2. The van der Waals surface area contributed by atoms with E-state index in [1.165, 1.54) is 30.5 Å².